The fourth-order valence-electron chi connectivity index (χ4n) is 4.50. The second-order valence-electron chi connectivity index (χ2n) is 7.70. The molecule has 1 atom stereocenters. The van der Waals surface area contributed by atoms with Gasteiger partial charge in [-0.1, -0.05) is 17.7 Å². The van der Waals surface area contributed by atoms with Gasteiger partial charge in [-0.3, -0.25) is 9.59 Å². The Morgan fingerprint density at radius 2 is 1.83 bits per heavy atom. The van der Waals surface area contributed by atoms with E-state index in [4.69, 9.17) is 4.74 Å². The number of likely N-dealkylation sites (tertiary alicyclic amines) is 1. The summed E-state index contributed by atoms with van der Waals surface area (Å²) < 4.78 is 5.11. The molecule has 2 saturated heterocycles. The van der Waals surface area contributed by atoms with E-state index in [9.17, 15) is 14.7 Å². The largest absolute Gasteiger partial charge is 0.503 e. The smallest absolute Gasteiger partial charge is 0.277 e. The number of benzene rings is 1. The summed E-state index contributed by atoms with van der Waals surface area (Å²) in [4.78, 5) is 34.4. The van der Waals surface area contributed by atoms with E-state index in [0.29, 0.717) is 25.9 Å². The molecule has 2 aromatic rings. The Bertz CT molecular complexity index is 944. The van der Waals surface area contributed by atoms with Crippen LogP contribution >= 0.6 is 0 Å². The average molecular weight is 395 g/mol. The van der Waals surface area contributed by atoms with Gasteiger partial charge in [0.05, 0.1) is 7.11 Å². The van der Waals surface area contributed by atoms with Gasteiger partial charge >= 0.3 is 0 Å². The second kappa shape index (κ2) is 7.39. The fourth-order valence-corrected chi connectivity index (χ4v) is 4.50. The number of aromatic hydroxyl groups is 1. The van der Waals surface area contributed by atoms with Gasteiger partial charge in [0.25, 0.3) is 11.8 Å². The molecule has 7 heteroatoms. The molecule has 2 aliphatic heterocycles. The van der Waals surface area contributed by atoms with Crippen LogP contribution in [0.3, 0.4) is 0 Å². The zero-order valence-electron chi connectivity index (χ0n) is 16.7. The van der Waals surface area contributed by atoms with Crippen molar-refractivity contribution >= 4 is 17.5 Å². The van der Waals surface area contributed by atoms with Crippen LogP contribution in [-0.2, 0) is 4.79 Å². The average Bonchev–Trinajstić information content (AvgIpc) is 3.15. The van der Waals surface area contributed by atoms with Crippen molar-refractivity contribution in [2.75, 3.05) is 25.1 Å². The molecule has 2 fully saturated rings. The Kier molecular flexibility index (Phi) is 4.90. The van der Waals surface area contributed by atoms with Crippen LogP contribution in [0.4, 0.5) is 5.69 Å². The molecule has 7 nitrogen and oxygen atoms in total. The third-order valence-corrected chi connectivity index (χ3v) is 6.00. The summed E-state index contributed by atoms with van der Waals surface area (Å²) in [5, 5.41) is 10.4. The molecular formula is C22H25N3O4. The number of ether oxygens (including phenoxy) is 1. The highest BCUT2D eigenvalue weighted by molar-refractivity contribution is 6.06. The minimum Gasteiger partial charge on any atom is -0.503 e. The minimum atomic E-state index is -0.891. The summed E-state index contributed by atoms with van der Waals surface area (Å²) in [6.45, 7) is 3.10. The fraction of sp³-hybridized carbons (Fsp3) is 0.409. The Morgan fingerprint density at radius 3 is 2.52 bits per heavy atom. The molecule has 152 valence electrons. The molecule has 1 aromatic carbocycles. The minimum absolute atomic E-state index is 0.0548. The lowest BCUT2D eigenvalue weighted by Crippen LogP contribution is -2.61. The van der Waals surface area contributed by atoms with Crippen molar-refractivity contribution < 1.29 is 19.4 Å². The van der Waals surface area contributed by atoms with E-state index >= 15 is 0 Å². The van der Waals surface area contributed by atoms with Crippen LogP contribution in [0.2, 0.25) is 0 Å². The molecule has 0 aliphatic carbocycles. The summed E-state index contributed by atoms with van der Waals surface area (Å²) in [6, 6.07) is 9.36. The molecule has 0 saturated carbocycles. The zero-order chi connectivity index (χ0) is 20.6. The van der Waals surface area contributed by atoms with Crippen LogP contribution in [0.5, 0.6) is 11.5 Å². The lowest BCUT2D eigenvalue weighted by atomic mass is 9.84. The third kappa shape index (κ3) is 3.10. The van der Waals surface area contributed by atoms with Gasteiger partial charge in [-0.25, -0.2) is 4.98 Å². The molecule has 3 heterocycles. The van der Waals surface area contributed by atoms with Crippen molar-refractivity contribution in [1.82, 2.24) is 9.88 Å². The molecule has 2 amide bonds. The number of aryl methyl sites for hydroxylation is 1. The Hall–Kier alpha value is -3.09. The molecule has 1 unspecified atom stereocenters. The second-order valence-corrected chi connectivity index (χ2v) is 7.70. The Labute approximate surface area is 169 Å². The van der Waals surface area contributed by atoms with E-state index in [-0.39, 0.29) is 23.1 Å². The number of carbonyl (C=O) groups is 2. The first kappa shape index (κ1) is 19.2. The quantitative estimate of drug-likeness (QED) is 0.864. The number of carbonyl (C=O) groups excluding carboxylic acids is 2. The van der Waals surface area contributed by atoms with Crippen LogP contribution < -0.4 is 9.64 Å². The lowest BCUT2D eigenvalue weighted by molar-refractivity contribution is -0.130. The topological polar surface area (TPSA) is 83.0 Å². The number of aromatic nitrogens is 1. The van der Waals surface area contributed by atoms with Crippen LogP contribution in [0, 0.1) is 6.92 Å². The predicted molar refractivity (Wildman–Crippen MR) is 108 cm³/mol. The van der Waals surface area contributed by atoms with Crippen molar-refractivity contribution in [2.45, 2.75) is 38.1 Å². The standard InChI is InChI=1S/C22H25N3O4/c1-15-5-7-16(8-6-15)24-13-3-10-22(21(24)28)11-4-14-25(22)20(27)18-19(26)17(29-2)9-12-23-18/h5-9,12,26H,3-4,10-11,13-14H2,1-2H3. The van der Waals surface area contributed by atoms with Gasteiger partial charge in [0.15, 0.2) is 17.2 Å². The number of hydrogen-bond donors (Lipinski definition) is 1. The summed E-state index contributed by atoms with van der Waals surface area (Å²) in [6.07, 6.45) is 4.20. The SMILES string of the molecule is COc1ccnc(C(=O)N2CCCC23CCCN(c2ccc(C)cc2)C3=O)c1O. The van der Waals surface area contributed by atoms with Gasteiger partial charge in [0, 0.05) is 31.0 Å². The maximum Gasteiger partial charge on any atom is 0.277 e. The number of anilines is 1. The van der Waals surface area contributed by atoms with Gasteiger partial charge in [-0.05, 0) is 44.7 Å². The van der Waals surface area contributed by atoms with E-state index in [1.807, 2.05) is 31.2 Å². The molecule has 4 rings (SSSR count). The number of hydrogen-bond acceptors (Lipinski definition) is 5. The Balaban J connectivity index is 1.68. The summed E-state index contributed by atoms with van der Waals surface area (Å²) in [5.41, 5.74) is 1.01. The van der Waals surface area contributed by atoms with Crippen LogP contribution in [0.25, 0.3) is 0 Å². The first-order valence-electron chi connectivity index (χ1n) is 9.90. The van der Waals surface area contributed by atoms with E-state index in [1.54, 1.807) is 9.80 Å². The van der Waals surface area contributed by atoms with Crippen molar-refractivity contribution in [1.29, 1.82) is 0 Å². The lowest BCUT2D eigenvalue weighted by Gasteiger charge is -2.44. The van der Waals surface area contributed by atoms with E-state index in [1.165, 1.54) is 19.4 Å². The Morgan fingerprint density at radius 1 is 1.14 bits per heavy atom. The van der Waals surface area contributed by atoms with E-state index < -0.39 is 11.4 Å². The van der Waals surface area contributed by atoms with Crippen LogP contribution in [0.15, 0.2) is 36.5 Å². The highest BCUT2D eigenvalue weighted by Crippen LogP contribution is 2.41. The molecule has 1 spiro atoms. The van der Waals surface area contributed by atoms with Crippen molar-refractivity contribution in [3.63, 3.8) is 0 Å². The van der Waals surface area contributed by atoms with Gasteiger partial charge < -0.3 is 19.6 Å². The number of piperidine rings is 1. The monoisotopic (exact) mass is 395 g/mol. The number of rotatable bonds is 3. The number of amides is 2. The highest BCUT2D eigenvalue weighted by Gasteiger charge is 2.53. The van der Waals surface area contributed by atoms with E-state index in [0.717, 1.165) is 24.1 Å². The van der Waals surface area contributed by atoms with Crippen molar-refractivity contribution in [3.8, 4) is 11.5 Å². The molecule has 1 aromatic heterocycles. The maximum absolute atomic E-state index is 13.6. The van der Waals surface area contributed by atoms with Gasteiger partial charge in [-0.15, -0.1) is 0 Å². The van der Waals surface area contributed by atoms with Crippen LogP contribution in [-0.4, -0.2) is 52.5 Å². The summed E-state index contributed by atoms with van der Waals surface area (Å²) in [5.74, 6) is -0.590. The maximum atomic E-state index is 13.6. The molecule has 2 aliphatic rings. The van der Waals surface area contributed by atoms with Crippen molar-refractivity contribution in [3.05, 3.63) is 47.8 Å². The zero-order valence-corrected chi connectivity index (χ0v) is 16.7. The summed E-state index contributed by atoms with van der Waals surface area (Å²) >= 11 is 0. The molecule has 1 N–H and O–H groups in total. The molecular weight excluding hydrogens is 370 g/mol. The van der Waals surface area contributed by atoms with Crippen LogP contribution in [0.1, 0.15) is 41.7 Å². The number of nitrogens with zero attached hydrogens (tertiary/aromatic N) is 3. The first-order chi connectivity index (χ1) is 14.0. The van der Waals surface area contributed by atoms with Gasteiger partial charge in [0.2, 0.25) is 0 Å². The van der Waals surface area contributed by atoms with Gasteiger partial charge in [0.1, 0.15) is 5.54 Å². The van der Waals surface area contributed by atoms with Gasteiger partial charge in [-0.2, -0.15) is 0 Å². The molecule has 29 heavy (non-hydrogen) atoms. The predicted octanol–water partition coefficient (Wildman–Crippen LogP) is 2.91. The molecule has 0 radical (unpaired) electrons. The molecule has 0 bridgehead atoms. The normalized spacial score (nSPS) is 21.7. The van der Waals surface area contributed by atoms with E-state index in [2.05, 4.69) is 4.98 Å². The van der Waals surface area contributed by atoms with Crippen molar-refractivity contribution in [2.24, 2.45) is 0 Å². The highest BCUT2D eigenvalue weighted by atomic mass is 16.5. The number of methoxy groups -OCH3 is 1. The number of pyridine rings is 1. The first-order valence-corrected chi connectivity index (χ1v) is 9.90. The summed E-state index contributed by atoms with van der Waals surface area (Å²) in [7, 11) is 1.42. The third-order valence-electron chi connectivity index (χ3n) is 6.00.